The summed E-state index contributed by atoms with van der Waals surface area (Å²) in [5.41, 5.74) is 27.7. The van der Waals surface area contributed by atoms with Gasteiger partial charge < -0.3 is 13.9 Å². The molecule has 604 valence electrons. The molecule has 25 aromatic rings. The molecule has 9 aromatic heterocycles. The van der Waals surface area contributed by atoms with Gasteiger partial charge in [0.1, 0.15) is 11.2 Å². The third kappa shape index (κ3) is 11.6. The molecule has 0 aliphatic carbocycles. The van der Waals surface area contributed by atoms with Crippen LogP contribution < -0.4 is 4.90 Å². The van der Waals surface area contributed by atoms with Gasteiger partial charge >= 0.3 is 0 Å². The Bertz CT molecular complexity index is 8860. The van der Waals surface area contributed by atoms with Crippen LogP contribution in [0.5, 0.6) is 0 Å². The molecule has 0 unspecified atom stereocenters. The Morgan fingerprint density at radius 3 is 1.39 bits per heavy atom. The number of anilines is 3. The van der Waals surface area contributed by atoms with Gasteiger partial charge in [0.25, 0.3) is 0 Å². The third-order valence-corrected chi connectivity index (χ3v) is 25.9. The van der Waals surface area contributed by atoms with Gasteiger partial charge in [-0.05, 0) is 161 Å². The number of para-hydroxylation sites is 5. The number of hydrogen-bond donors (Lipinski definition) is 0. The van der Waals surface area contributed by atoms with Crippen LogP contribution in [-0.4, -0.2) is 63.1 Å². The lowest BCUT2D eigenvalue weighted by molar-refractivity contribution is 0.632. The number of rotatable bonds is 13. The normalized spacial score (nSPS) is 12.6. The first kappa shape index (κ1) is 73.1. The fourth-order valence-electron chi connectivity index (χ4n) is 19.9. The van der Waals surface area contributed by atoms with Crippen molar-refractivity contribution in [2.45, 2.75) is 19.3 Å². The van der Waals surface area contributed by atoms with Crippen molar-refractivity contribution >= 4 is 126 Å². The van der Waals surface area contributed by atoms with Crippen LogP contribution in [0.3, 0.4) is 0 Å². The molecular formula is C114H72N14O. The van der Waals surface area contributed by atoms with Crippen molar-refractivity contribution in [2.75, 3.05) is 4.90 Å². The minimum Gasteiger partial charge on any atom is -0.455 e. The first-order valence-electron chi connectivity index (χ1n) is 43.4. The minimum absolute atomic E-state index is 0.357. The maximum absolute atomic E-state index is 7.28. The number of nitrogens with zero attached hydrogens (tertiary/aromatic N) is 14. The Morgan fingerprint density at radius 1 is 0.248 bits per heavy atom. The van der Waals surface area contributed by atoms with E-state index in [1.165, 1.54) is 16.8 Å². The fraction of sp³-hybridized carbons (Fsp3) is 0.0263. The molecule has 0 spiro atoms. The number of aromatic nitrogens is 13. The summed E-state index contributed by atoms with van der Waals surface area (Å²) in [4.78, 5) is 50.6. The lowest BCUT2D eigenvalue weighted by Gasteiger charge is -2.42. The van der Waals surface area contributed by atoms with Crippen LogP contribution in [0.1, 0.15) is 25.0 Å². The molecule has 0 atom stereocenters. The van der Waals surface area contributed by atoms with Crippen molar-refractivity contribution in [3.63, 3.8) is 0 Å². The molecule has 0 bridgehead atoms. The van der Waals surface area contributed by atoms with E-state index >= 15 is 0 Å². The number of furan rings is 1. The topological polar surface area (TPSA) is 152 Å². The Labute approximate surface area is 738 Å². The molecule has 0 radical (unpaired) electrons. The number of hydrogen-bond acceptors (Lipinski definition) is 11. The van der Waals surface area contributed by atoms with Gasteiger partial charge in [-0.2, -0.15) is 19.9 Å². The van der Waals surface area contributed by atoms with Crippen LogP contribution in [0, 0.1) is 0 Å². The summed E-state index contributed by atoms with van der Waals surface area (Å²) in [6, 6.07) is 139. The molecule has 129 heavy (non-hydrogen) atoms. The van der Waals surface area contributed by atoms with E-state index in [1.54, 1.807) is 0 Å². The average molecular weight is 1650 g/mol. The largest absolute Gasteiger partial charge is 0.455 e. The monoisotopic (exact) mass is 1650 g/mol. The van der Waals surface area contributed by atoms with Crippen LogP contribution in [-0.2, 0) is 5.41 Å². The van der Waals surface area contributed by atoms with Crippen LogP contribution in [0.15, 0.2) is 405 Å². The van der Waals surface area contributed by atoms with Crippen LogP contribution >= 0.6 is 0 Å². The molecular weight excluding hydrogens is 1580 g/mol. The standard InChI is InChI=1S/C114H72N14O/c1-114(2)88-49-21-25-53-95(88)124(79-43-16-7-17-44-79)100-66-87-81-46-18-22-50-92(81)127(99(87)67-89(100)114)112-120-109(72-36-14-6-15-37-72)119-110(123-112)78-42-27-39-74(63-78)76-55-56-82-83-57-59-97-103(106(83)129-101(82)65-76)85-48-20-24-52-94(85)126(97)111-116-90(69-30-8-3-9-31-69)68-91(117-111)77-41-26-38-73(62-77)75-40-28-45-80(64-75)125-93-51-23-19-47-84(93)102-96(125)60-58-86-104-98(54-29-61-115-104)128(105(86)102)113-121-107(70-32-10-4-11-33-70)118-108(122-113)71-34-12-5-13-35-71/h3-68H,1-2H3. The van der Waals surface area contributed by atoms with E-state index in [9.17, 15) is 0 Å². The molecule has 10 heterocycles. The summed E-state index contributed by atoms with van der Waals surface area (Å²) in [6.45, 7) is 4.67. The van der Waals surface area contributed by atoms with Crippen molar-refractivity contribution < 1.29 is 4.42 Å². The van der Waals surface area contributed by atoms with E-state index < -0.39 is 0 Å². The van der Waals surface area contributed by atoms with Crippen LogP contribution in [0.4, 0.5) is 17.1 Å². The molecule has 26 rings (SSSR count). The van der Waals surface area contributed by atoms with E-state index in [2.05, 4.69) is 340 Å². The highest BCUT2D eigenvalue weighted by atomic mass is 16.3. The van der Waals surface area contributed by atoms with Crippen LogP contribution in [0.2, 0.25) is 0 Å². The van der Waals surface area contributed by atoms with Gasteiger partial charge in [-0.3, -0.25) is 18.7 Å². The third-order valence-electron chi connectivity index (χ3n) is 25.9. The number of benzene rings is 16. The fourth-order valence-corrected chi connectivity index (χ4v) is 19.9. The summed E-state index contributed by atoms with van der Waals surface area (Å²) < 4.78 is 16.3. The van der Waals surface area contributed by atoms with Gasteiger partial charge in [0.2, 0.25) is 17.8 Å². The van der Waals surface area contributed by atoms with Gasteiger partial charge in [-0.1, -0.05) is 281 Å². The summed E-state index contributed by atoms with van der Waals surface area (Å²) in [5, 5.41) is 9.32. The average Bonchev–Trinajstić information content (AvgIpc) is 1.50. The minimum atomic E-state index is -0.357. The second-order valence-electron chi connectivity index (χ2n) is 33.6. The highest BCUT2D eigenvalue weighted by Gasteiger charge is 2.39. The highest BCUT2D eigenvalue weighted by molar-refractivity contribution is 6.27. The van der Waals surface area contributed by atoms with E-state index in [4.69, 9.17) is 49.3 Å². The SMILES string of the molecule is CC1(C)c2ccccc2N(c2ccccc2)c2cc3c4ccccc4n(-c4nc(-c5ccccc5)nc(-c5cccc(-c6ccc7c(c6)oc6c7ccc7c6c6ccccc6n7-c6nc(-c7ccccc7)cc(-c7cccc(-c8cccc(-n9c%10ccccc%10c%10c9ccc9c%11ncccc%11n(-c%11nc(-c%12ccccc%12)nc(-c%12ccccc%12)n%11)c9%10)c8)c7)n6)c5)n4)c3cc21. The molecule has 0 saturated carbocycles. The lowest BCUT2D eigenvalue weighted by Crippen LogP contribution is -2.30. The molecule has 15 nitrogen and oxygen atoms in total. The number of fused-ring (bicyclic) bond motifs is 19. The first-order valence-corrected chi connectivity index (χ1v) is 43.4. The quantitative estimate of drug-likeness (QED) is 0.108. The first-order chi connectivity index (χ1) is 63.7. The van der Waals surface area contributed by atoms with E-state index in [-0.39, 0.29) is 5.41 Å². The van der Waals surface area contributed by atoms with E-state index in [0.29, 0.717) is 41.1 Å². The second kappa shape index (κ2) is 28.8. The molecule has 0 fully saturated rings. The van der Waals surface area contributed by atoms with Gasteiger partial charge in [-0.15, -0.1) is 0 Å². The van der Waals surface area contributed by atoms with E-state index in [1.807, 2.05) is 97.2 Å². The van der Waals surface area contributed by atoms with Crippen molar-refractivity contribution in [1.82, 2.24) is 63.1 Å². The molecule has 1 aliphatic heterocycles. The second-order valence-corrected chi connectivity index (χ2v) is 33.6. The van der Waals surface area contributed by atoms with Crippen LogP contribution in [0.25, 0.3) is 223 Å². The number of pyridine rings is 1. The lowest BCUT2D eigenvalue weighted by atomic mass is 9.73. The molecule has 0 amide bonds. The predicted octanol–water partition coefficient (Wildman–Crippen LogP) is 28.0. The summed E-state index contributed by atoms with van der Waals surface area (Å²) >= 11 is 0. The smallest absolute Gasteiger partial charge is 0.238 e. The Hall–Kier alpha value is -17.4. The van der Waals surface area contributed by atoms with Crippen molar-refractivity contribution in [1.29, 1.82) is 0 Å². The summed E-state index contributed by atoms with van der Waals surface area (Å²) in [5.74, 6) is 3.82. The van der Waals surface area contributed by atoms with Gasteiger partial charge in [0.15, 0.2) is 23.3 Å². The van der Waals surface area contributed by atoms with Crippen molar-refractivity contribution in [3.8, 4) is 114 Å². The molecule has 0 N–H and O–H groups in total. The van der Waals surface area contributed by atoms with Gasteiger partial charge in [0.05, 0.1) is 77.8 Å². The van der Waals surface area contributed by atoms with E-state index in [0.717, 1.165) is 193 Å². The van der Waals surface area contributed by atoms with Crippen molar-refractivity contribution in [3.05, 3.63) is 412 Å². The summed E-state index contributed by atoms with van der Waals surface area (Å²) in [7, 11) is 0. The Balaban J connectivity index is 0.569. The molecule has 1 aliphatic rings. The molecule has 0 saturated heterocycles. The maximum Gasteiger partial charge on any atom is 0.238 e. The zero-order valence-electron chi connectivity index (χ0n) is 69.8. The zero-order chi connectivity index (χ0) is 85.1. The van der Waals surface area contributed by atoms with Gasteiger partial charge in [0, 0.05) is 99.5 Å². The van der Waals surface area contributed by atoms with Crippen molar-refractivity contribution in [2.24, 2.45) is 0 Å². The Morgan fingerprint density at radius 2 is 0.713 bits per heavy atom. The molecule has 16 aromatic carbocycles. The highest BCUT2D eigenvalue weighted by Crippen LogP contribution is 2.55. The molecule has 15 heteroatoms. The van der Waals surface area contributed by atoms with Gasteiger partial charge in [-0.25, -0.2) is 19.9 Å². The summed E-state index contributed by atoms with van der Waals surface area (Å²) in [6.07, 6.45) is 1.86. The maximum atomic E-state index is 7.28. The zero-order valence-corrected chi connectivity index (χ0v) is 69.8. The predicted molar refractivity (Wildman–Crippen MR) is 522 cm³/mol. The Kier molecular flexibility index (Phi) is 16.3.